The molecular formula is C20H17NO5. The fourth-order valence-corrected chi connectivity index (χ4v) is 2.63. The van der Waals surface area contributed by atoms with Gasteiger partial charge in [-0.15, -0.1) is 0 Å². The zero-order chi connectivity index (χ0) is 18.5. The van der Waals surface area contributed by atoms with E-state index in [9.17, 15) is 14.4 Å². The van der Waals surface area contributed by atoms with E-state index in [0.717, 1.165) is 11.6 Å². The molecule has 1 heterocycles. The molecule has 1 atom stereocenters. The molecule has 1 N–H and O–H groups in total. The van der Waals surface area contributed by atoms with E-state index >= 15 is 0 Å². The molecule has 0 aliphatic rings. The maximum absolute atomic E-state index is 12.6. The van der Waals surface area contributed by atoms with Crippen molar-refractivity contribution in [2.24, 2.45) is 0 Å². The number of fused-ring (bicyclic) bond motifs is 1. The first-order valence-electron chi connectivity index (χ1n) is 8.04. The highest BCUT2D eigenvalue weighted by atomic mass is 16.5. The maximum atomic E-state index is 12.6. The number of ether oxygens (including phenoxy) is 1. The number of nitrogens with one attached hydrogen (secondary N) is 1. The van der Waals surface area contributed by atoms with Crippen molar-refractivity contribution in [2.45, 2.75) is 12.5 Å². The first-order valence-corrected chi connectivity index (χ1v) is 8.04. The number of carbonyl (C=O) groups is 2. The summed E-state index contributed by atoms with van der Waals surface area (Å²) in [5.74, 6) is -1.15. The van der Waals surface area contributed by atoms with Gasteiger partial charge >= 0.3 is 5.97 Å². The molecule has 0 aliphatic carbocycles. The Morgan fingerprint density at radius 3 is 2.50 bits per heavy atom. The molecule has 6 heteroatoms. The molecule has 0 spiro atoms. The summed E-state index contributed by atoms with van der Waals surface area (Å²) >= 11 is 0. The van der Waals surface area contributed by atoms with Crippen LogP contribution in [0.25, 0.3) is 11.0 Å². The van der Waals surface area contributed by atoms with Gasteiger partial charge in [-0.25, -0.2) is 0 Å². The van der Waals surface area contributed by atoms with E-state index in [-0.39, 0.29) is 17.6 Å². The van der Waals surface area contributed by atoms with Crippen molar-refractivity contribution in [1.29, 1.82) is 0 Å². The lowest BCUT2D eigenvalue weighted by Crippen LogP contribution is -2.31. The van der Waals surface area contributed by atoms with Gasteiger partial charge in [0.1, 0.15) is 5.58 Å². The van der Waals surface area contributed by atoms with Gasteiger partial charge in [-0.3, -0.25) is 14.4 Å². The Morgan fingerprint density at radius 1 is 1.08 bits per heavy atom. The highest BCUT2D eigenvalue weighted by Crippen LogP contribution is 2.19. The zero-order valence-electron chi connectivity index (χ0n) is 14.1. The normalized spacial score (nSPS) is 11.7. The lowest BCUT2D eigenvalue weighted by Gasteiger charge is -2.18. The van der Waals surface area contributed by atoms with E-state index in [4.69, 9.17) is 9.15 Å². The zero-order valence-corrected chi connectivity index (χ0v) is 14.1. The number of esters is 1. The smallest absolute Gasteiger partial charge is 0.307 e. The molecule has 3 aromatic rings. The summed E-state index contributed by atoms with van der Waals surface area (Å²) < 4.78 is 10.2. The highest BCUT2D eigenvalue weighted by molar-refractivity contribution is 5.93. The first kappa shape index (κ1) is 17.4. The highest BCUT2D eigenvalue weighted by Gasteiger charge is 2.21. The number of benzene rings is 2. The number of rotatable bonds is 5. The van der Waals surface area contributed by atoms with Crippen molar-refractivity contribution in [3.8, 4) is 0 Å². The van der Waals surface area contributed by atoms with Gasteiger partial charge in [0.25, 0.3) is 5.91 Å². The number of hydrogen-bond acceptors (Lipinski definition) is 5. The third kappa shape index (κ3) is 3.80. The summed E-state index contributed by atoms with van der Waals surface area (Å²) in [6, 6.07) is 16.3. The predicted molar refractivity (Wildman–Crippen MR) is 95.8 cm³/mol. The molecule has 132 valence electrons. The molecule has 1 amide bonds. The number of carbonyl (C=O) groups excluding carboxylic acids is 2. The number of amides is 1. The average Bonchev–Trinajstić information content (AvgIpc) is 2.68. The molecular weight excluding hydrogens is 334 g/mol. The van der Waals surface area contributed by atoms with E-state index in [0.29, 0.717) is 11.0 Å². The summed E-state index contributed by atoms with van der Waals surface area (Å²) in [7, 11) is 1.29. The number of methoxy groups -OCH3 is 1. The molecule has 0 radical (unpaired) electrons. The Kier molecular flexibility index (Phi) is 5.12. The Hall–Kier alpha value is -3.41. The van der Waals surface area contributed by atoms with Crippen LogP contribution in [0.1, 0.15) is 28.6 Å². The predicted octanol–water partition coefficient (Wildman–Crippen LogP) is 2.83. The summed E-state index contributed by atoms with van der Waals surface area (Å²) in [5.41, 5.74) is 0.769. The minimum atomic E-state index is -0.604. The van der Waals surface area contributed by atoms with Crippen LogP contribution in [-0.2, 0) is 9.53 Å². The van der Waals surface area contributed by atoms with Gasteiger partial charge in [0.05, 0.1) is 25.0 Å². The first-order chi connectivity index (χ1) is 12.6. The molecule has 0 bridgehead atoms. The van der Waals surface area contributed by atoms with Gasteiger partial charge in [0, 0.05) is 6.07 Å². The molecule has 0 saturated heterocycles. The van der Waals surface area contributed by atoms with Gasteiger partial charge in [0.2, 0.25) is 0 Å². The van der Waals surface area contributed by atoms with Gasteiger partial charge in [0.15, 0.2) is 11.2 Å². The Morgan fingerprint density at radius 2 is 1.77 bits per heavy atom. The van der Waals surface area contributed by atoms with Crippen LogP contribution >= 0.6 is 0 Å². The van der Waals surface area contributed by atoms with E-state index in [2.05, 4.69) is 5.32 Å². The van der Waals surface area contributed by atoms with E-state index in [1.165, 1.54) is 7.11 Å². The minimum absolute atomic E-state index is 0.0376. The van der Waals surface area contributed by atoms with E-state index in [1.807, 2.05) is 18.2 Å². The molecule has 0 unspecified atom stereocenters. The van der Waals surface area contributed by atoms with Gasteiger partial charge in [-0.2, -0.15) is 0 Å². The molecule has 26 heavy (non-hydrogen) atoms. The number of hydrogen-bond donors (Lipinski definition) is 1. The lowest BCUT2D eigenvalue weighted by atomic mass is 10.0. The minimum Gasteiger partial charge on any atom is -0.469 e. The second-order valence-electron chi connectivity index (χ2n) is 5.69. The van der Waals surface area contributed by atoms with Crippen molar-refractivity contribution < 1.29 is 18.7 Å². The van der Waals surface area contributed by atoms with Gasteiger partial charge in [-0.05, 0) is 17.7 Å². The SMILES string of the molecule is COC(=O)C[C@H](NC(=O)c1cc(=O)c2ccccc2o1)c1ccccc1. The van der Waals surface area contributed by atoms with Crippen LogP contribution < -0.4 is 10.7 Å². The Labute approximate surface area is 149 Å². The van der Waals surface area contributed by atoms with Crippen molar-refractivity contribution in [3.05, 3.63) is 82.2 Å². The molecule has 3 rings (SSSR count). The maximum Gasteiger partial charge on any atom is 0.307 e. The van der Waals surface area contributed by atoms with Crippen LogP contribution in [0.2, 0.25) is 0 Å². The topological polar surface area (TPSA) is 85.6 Å². The van der Waals surface area contributed by atoms with E-state index < -0.39 is 17.9 Å². The largest absolute Gasteiger partial charge is 0.469 e. The average molecular weight is 351 g/mol. The Balaban J connectivity index is 1.90. The van der Waals surface area contributed by atoms with Gasteiger partial charge < -0.3 is 14.5 Å². The molecule has 0 saturated carbocycles. The fourth-order valence-electron chi connectivity index (χ4n) is 2.63. The molecule has 2 aromatic carbocycles. The fraction of sp³-hybridized carbons (Fsp3) is 0.150. The van der Waals surface area contributed by atoms with Crippen molar-refractivity contribution in [2.75, 3.05) is 7.11 Å². The molecule has 0 fully saturated rings. The monoisotopic (exact) mass is 351 g/mol. The second-order valence-corrected chi connectivity index (χ2v) is 5.69. The van der Waals surface area contributed by atoms with Crippen molar-refractivity contribution in [3.63, 3.8) is 0 Å². The third-order valence-electron chi connectivity index (χ3n) is 3.96. The third-order valence-corrected chi connectivity index (χ3v) is 3.96. The quantitative estimate of drug-likeness (QED) is 0.715. The summed E-state index contributed by atoms with van der Waals surface area (Å²) in [5, 5.41) is 3.14. The van der Waals surface area contributed by atoms with Crippen LogP contribution in [0, 0.1) is 0 Å². The lowest BCUT2D eigenvalue weighted by molar-refractivity contribution is -0.141. The van der Waals surface area contributed by atoms with Crippen LogP contribution in [0.4, 0.5) is 0 Å². The summed E-state index contributed by atoms with van der Waals surface area (Å²) in [4.78, 5) is 36.5. The van der Waals surface area contributed by atoms with Gasteiger partial charge in [-0.1, -0.05) is 42.5 Å². The second kappa shape index (κ2) is 7.65. The summed E-state index contributed by atoms with van der Waals surface area (Å²) in [6.07, 6.45) is -0.0376. The molecule has 0 aliphatic heterocycles. The molecule has 1 aromatic heterocycles. The van der Waals surface area contributed by atoms with E-state index in [1.54, 1.807) is 36.4 Å². The van der Waals surface area contributed by atoms with Crippen LogP contribution in [-0.4, -0.2) is 19.0 Å². The van der Waals surface area contributed by atoms with Crippen LogP contribution in [0.15, 0.2) is 69.9 Å². The van der Waals surface area contributed by atoms with Crippen LogP contribution in [0.5, 0.6) is 0 Å². The van der Waals surface area contributed by atoms with Crippen molar-refractivity contribution in [1.82, 2.24) is 5.32 Å². The van der Waals surface area contributed by atoms with Crippen LogP contribution in [0.3, 0.4) is 0 Å². The summed E-state index contributed by atoms with van der Waals surface area (Å²) in [6.45, 7) is 0. The molecule has 6 nitrogen and oxygen atoms in total. The van der Waals surface area contributed by atoms with Crippen molar-refractivity contribution >= 4 is 22.8 Å². The standard InChI is InChI=1S/C20H17NO5/c1-25-19(23)11-15(13-7-3-2-4-8-13)21-20(24)18-12-16(22)14-9-5-6-10-17(14)26-18/h2-10,12,15H,11H2,1H3,(H,21,24)/t15-/m0/s1. The number of para-hydroxylation sites is 1. The Bertz CT molecular complexity index is 994.